The molecule has 5 nitrogen and oxygen atoms in total. The number of nitrogens with zero attached hydrogens (tertiary/aromatic N) is 1. The SMILES string of the molecule is CC.CC1CC2CCCC(NC=O)(C1)C2.CCCl.Cc1ccc(C2c3[nH]c4ccccc4c3CCN2C=O)cc1. The van der Waals surface area contributed by atoms with Crippen LogP contribution in [0.15, 0.2) is 48.5 Å². The first-order chi connectivity index (χ1) is 19.4. The van der Waals surface area contributed by atoms with Gasteiger partial charge in [0.05, 0.1) is 6.04 Å². The molecule has 218 valence electrons. The summed E-state index contributed by atoms with van der Waals surface area (Å²) in [5, 5.41) is 4.36. The van der Waals surface area contributed by atoms with E-state index in [4.69, 9.17) is 11.6 Å². The molecule has 6 rings (SSSR count). The smallest absolute Gasteiger partial charge is 0.210 e. The summed E-state index contributed by atoms with van der Waals surface area (Å²) in [4.78, 5) is 27.5. The number of rotatable bonds is 4. The van der Waals surface area contributed by atoms with Gasteiger partial charge in [-0.2, -0.15) is 0 Å². The van der Waals surface area contributed by atoms with E-state index in [0.29, 0.717) is 0 Å². The van der Waals surface area contributed by atoms with E-state index < -0.39 is 0 Å². The Morgan fingerprint density at radius 3 is 2.48 bits per heavy atom. The number of aryl methyl sites for hydroxylation is 1. The molecule has 3 aromatic rings. The third-order valence-corrected chi connectivity index (χ3v) is 8.39. The molecule has 2 saturated carbocycles. The van der Waals surface area contributed by atoms with Crippen LogP contribution in [0.25, 0.3) is 10.9 Å². The van der Waals surface area contributed by atoms with Crippen LogP contribution in [0.2, 0.25) is 0 Å². The van der Waals surface area contributed by atoms with Gasteiger partial charge in [0.15, 0.2) is 0 Å². The second kappa shape index (κ2) is 15.3. The summed E-state index contributed by atoms with van der Waals surface area (Å²) in [7, 11) is 0. The maximum atomic E-state index is 11.5. The van der Waals surface area contributed by atoms with Crippen molar-refractivity contribution in [3.8, 4) is 0 Å². The molecule has 0 radical (unpaired) electrons. The molecule has 4 unspecified atom stereocenters. The highest BCUT2D eigenvalue weighted by atomic mass is 35.5. The van der Waals surface area contributed by atoms with Gasteiger partial charge >= 0.3 is 0 Å². The van der Waals surface area contributed by atoms with Gasteiger partial charge in [-0.25, -0.2) is 0 Å². The molecule has 2 fully saturated rings. The Balaban J connectivity index is 0.000000209. The normalized spacial score (nSPS) is 24.6. The van der Waals surface area contributed by atoms with Gasteiger partial charge < -0.3 is 15.2 Å². The minimum Gasteiger partial charge on any atom is -0.356 e. The number of carbonyl (C=O) groups excluding carboxylic acids is 2. The number of para-hydroxylation sites is 1. The summed E-state index contributed by atoms with van der Waals surface area (Å²) >= 11 is 5.00. The molecule has 2 N–H and O–H groups in total. The molecule has 40 heavy (non-hydrogen) atoms. The summed E-state index contributed by atoms with van der Waals surface area (Å²) in [6, 6.07) is 16.8. The average molecular weight is 566 g/mol. The molecular formula is C34H48ClN3O2. The predicted octanol–water partition coefficient (Wildman–Crippen LogP) is 7.94. The molecule has 1 aliphatic heterocycles. The number of amides is 2. The van der Waals surface area contributed by atoms with Crippen molar-refractivity contribution in [1.82, 2.24) is 15.2 Å². The number of aromatic nitrogens is 1. The topological polar surface area (TPSA) is 65.2 Å². The van der Waals surface area contributed by atoms with E-state index in [9.17, 15) is 9.59 Å². The fraction of sp³-hybridized carbons (Fsp3) is 0.529. The number of alkyl halides is 1. The average Bonchev–Trinajstić information content (AvgIpc) is 3.33. The summed E-state index contributed by atoms with van der Waals surface area (Å²) in [5.41, 5.74) is 6.22. The monoisotopic (exact) mass is 565 g/mol. The van der Waals surface area contributed by atoms with E-state index in [0.717, 1.165) is 60.3 Å². The van der Waals surface area contributed by atoms with Gasteiger partial charge in [-0.3, -0.25) is 9.59 Å². The van der Waals surface area contributed by atoms with Crippen molar-refractivity contribution < 1.29 is 9.59 Å². The first-order valence-corrected chi connectivity index (χ1v) is 15.6. The summed E-state index contributed by atoms with van der Waals surface area (Å²) in [6.45, 7) is 11.0. The molecule has 4 atom stereocenters. The Bertz CT molecular complexity index is 1200. The number of aromatic amines is 1. The largest absolute Gasteiger partial charge is 0.356 e. The third-order valence-electron chi connectivity index (χ3n) is 8.39. The number of halogens is 1. The van der Waals surface area contributed by atoms with Crippen LogP contribution in [-0.4, -0.2) is 40.7 Å². The van der Waals surface area contributed by atoms with Gasteiger partial charge in [-0.15, -0.1) is 11.6 Å². The minimum absolute atomic E-state index is 0.0192. The van der Waals surface area contributed by atoms with Crippen molar-refractivity contribution in [3.63, 3.8) is 0 Å². The van der Waals surface area contributed by atoms with E-state index >= 15 is 0 Å². The van der Waals surface area contributed by atoms with Crippen LogP contribution in [0.3, 0.4) is 0 Å². The molecule has 2 aromatic carbocycles. The predicted molar refractivity (Wildman–Crippen MR) is 168 cm³/mol. The molecule has 6 heteroatoms. The number of benzene rings is 2. The quantitative estimate of drug-likeness (QED) is 0.249. The van der Waals surface area contributed by atoms with E-state index in [1.807, 2.05) is 31.7 Å². The Hall–Kier alpha value is -2.79. The van der Waals surface area contributed by atoms with Crippen LogP contribution in [0.5, 0.6) is 0 Å². The van der Waals surface area contributed by atoms with E-state index in [1.165, 1.54) is 55.0 Å². The van der Waals surface area contributed by atoms with Crippen LogP contribution < -0.4 is 5.32 Å². The Labute approximate surface area is 246 Å². The first kappa shape index (κ1) is 31.7. The summed E-state index contributed by atoms with van der Waals surface area (Å²) in [6.07, 6.45) is 10.5. The van der Waals surface area contributed by atoms with Crippen molar-refractivity contribution in [2.24, 2.45) is 11.8 Å². The van der Waals surface area contributed by atoms with Crippen LogP contribution in [0.1, 0.15) is 94.6 Å². The maximum Gasteiger partial charge on any atom is 0.210 e. The third kappa shape index (κ3) is 7.48. The van der Waals surface area contributed by atoms with Crippen LogP contribution in [-0.2, 0) is 16.0 Å². The van der Waals surface area contributed by atoms with Crippen LogP contribution in [0, 0.1) is 18.8 Å². The summed E-state index contributed by atoms with van der Waals surface area (Å²) < 4.78 is 0. The van der Waals surface area contributed by atoms with Crippen LogP contribution in [0.4, 0.5) is 0 Å². The zero-order chi connectivity index (χ0) is 29.1. The zero-order valence-electron chi connectivity index (χ0n) is 25.0. The van der Waals surface area contributed by atoms with Gasteiger partial charge in [-0.05, 0) is 68.1 Å². The van der Waals surface area contributed by atoms with Crippen LogP contribution >= 0.6 is 11.6 Å². The van der Waals surface area contributed by atoms with Gasteiger partial charge in [0.1, 0.15) is 0 Å². The number of H-pyrrole nitrogens is 1. The van der Waals surface area contributed by atoms with Gasteiger partial charge in [0.25, 0.3) is 0 Å². The Morgan fingerprint density at radius 1 is 1.10 bits per heavy atom. The van der Waals surface area contributed by atoms with E-state index in [1.54, 1.807) is 0 Å². The fourth-order valence-electron chi connectivity index (χ4n) is 6.99. The molecule has 2 bridgehead atoms. The van der Waals surface area contributed by atoms with E-state index in [-0.39, 0.29) is 11.6 Å². The lowest BCUT2D eigenvalue weighted by molar-refractivity contribution is -0.120. The van der Waals surface area contributed by atoms with Gasteiger partial charge in [0.2, 0.25) is 12.8 Å². The molecule has 1 aromatic heterocycles. The highest BCUT2D eigenvalue weighted by Gasteiger charge is 2.41. The highest BCUT2D eigenvalue weighted by molar-refractivity contribution is 6.17. The number of hydrogen-bond acceptors (Lipinski definition) is 2. The van der Waals surface area contributed by atoms with Crippen molar-refractivity contribution in [3.05, 3.63) is 70.9 Å². The molecular weight excluding hydrogens is 518 g/mol. The lowest BCUT2D eigenvalue weighted by atomic mass is 9.64. The number of carbonyl (C=O) groups is 2. The van der Waals surface area contributed by atoms with Crippen molar-refractivity contribution in [2.45, 2.75) is 91.1 Å². The molecule has 2 heterocycles. The highest BCUT2D eigenvalue weighted by Crippen LogP contribution is 2.45. The standard InChI is InChI=1S/C19H18N2O.C11H19NO.C2H5Cl.C2H6/c1-13-6-8-14(9-7-13)19-18-16(10-11-21(19)12-22)15-4-2-3-5-17(15)20-18;1-9-5-10-3-2-4-11(6-9,7-10)12-8-13;1-2-3;1-2/h2-9,12,19-20H,10-11H2,1H3;8-10H,2-7H2,1H3,(H,12,13);2H2,1H3;1-2H3. The minimum atomic E-state index is -0.0192. The molecule has 3 aliphatic rings. The summed E-state index contributed by atoms with van der Waals surface area (Å²) in [5.74, 6) is 2.40. The number of fused-ring (bicyclic) bond motifs is 5. The van der Waals surface area contributed by atoms with E-state index in [2.05, 4.69) is 66.6 Å². The maximum absolute atomic E-state index is 11.5. The molecule has 2 amide bonds. The van der Waals surface area contributed by atoms with Crippen molar-refractivity contribution >= 4 is 35.3 Å². The van der Waals surface area contributed by atoms with Gasteiger partial charge in [-0.1, -0.05) is 88.6 Å². The number of nitrogens with one attached hydrogen (secondary N) is 2. The van der Waals surface area contributed by atoms with Gasteiger partial charge in [0, 0.05) is 34.6 Å². The molecule has 0 saturated heterocycles. The first-order valence-electron chi connectivity index (χ1n) is 15.1. The Morgan fingerprint density at radius 2 is 1.80 bits per heavy atom. The molecule has 2 aliphatic carbocycles. The zero-order valence-corrected chi connectivity index (χ0v) is 25.8. The lowest BCUT2D eigenvalue weighted by Gasteiger charge is -2.47. The second-order valence-electron chi connectivity index (χ2n) is 11.3. The Kier molecular flexibility index (Phi) is 12.1. The van der Waals surface area contributed by atoms with Crippen molar-refractivity contribution in [2.75, 3.05) is 12.4 Å². The second-order valence-corrected chi connectivity index (χ2v) is 11.8. The fourth-order valence-corrected chi connectivity index (χ4v) is 6.99. The molecule has 0 spiro atoms. The number of hydrogen-bond donors (Lipinski definition) is 2. The lowest BCUT2D eigenvalue weighted by Crippen LogP contribution is -2.52. The van der Waals surface area contributed by atoms with Crippen molar-refractivity contribution in [1.29, 1.82) is 0 Å².